The Bertz CT molecular complexity index is 637. The maximum absolute atomic E-state index is 12.3. The van der Waals surface area contributed by atoms with Gasteiger partial charge in [0.2, 0.25) is 0 Å². The number of carbonyl (C=O) groups is 1. The molecule has 1 aliphatic carbocycles. The molecule has 0 radical (unpaired) electrons. The molecule has 2 heteroatoms. The van der Waals surface area contributed by atoms with E-state index in [0.717, 1.165) is 11.1 Å². The number of ketones is 1. The van der Waals surface area contributed by atoms with Crippen molar-refractivity contribution < 1.29 is 4.79 Å². The van der Waals surface area contributed by atoms with E-state index in [-0.39, 0.29) is 17.1 Å². The molecule has 0 heterocycles. The van der Waals surface area contributed by atoms with Crippen molar-refractivity contribution >= 4 is 11.9 Å². The summed E-state index contributed by atoms with van der Waals surface area (Å²) >= 11 is 0. The van der Waals surface area contributed by atoms with E-state index in [4.69, 9.17) is 5.73 Å². The lowest BCUT2D eigenvalue weighted by molar-refractivity contribution is 0.0934. The molecule has 0 aliphatic heterocycles. The Morgan fingerprint density at radius 2 is 2.09 bits per heavy atom. The normalized spacial score (nSPS) is 19.2. The van der Waals surface area contributed by atoms with Crippen LogP contribution in [-0.2, 0) is 0 Å². The predicted molar refractivity (Wildman–Crippen MR) is 98.4 cm³/mol. The maximum Gasteiger partial charge on any atom is 0.166 e. The zero-order valence-electron chi connectivity index (χ0n) is 14.9. The third kappa shape index (κ3) is 4.20. The molecule has 0 saturated carbocycles. The fourth-order valence-electron chi connectivity index (χ4n) is 3.38. The lowest BCUT2D eigenvalue weighted by atomic mass is 9.72. The van der Waals surface area contributed by atoms with Crippen molar-refractivity contribution in [1.29, 1.82) is 0 Å². The summed E-state index contributed by atoms with van der Waals surface area (Å²) < 4.78 is 0. The van der Waals surface area contributed by atoms with Gasteiger partial charge in [0.05, 0.1) is 0 Å². The summed E-state index contributed by atoms with van der Waals surface area (Å²) in [5.41, 5.74) is 10.6. The SMILES string of the molecule is CC1=C(C=Cc2cccc(C(=O)C(C)CN)c2)C(C)(C)CCC1. The van der Waals surface area contributed by atoms with Crippen molar-refractivity contribution in [3.05, 3.63) is 52.6 Å². The lowest BCUT2D eigenvalue weighted by Crippen LogP contribution is -2.20. The molecule has 0 bridgehead atoms. The van der Waals surface area contributed by atoms with Crippen LogP contribution in [0.4, 0.5) is 0 Å². The summed E-state index contributed by atoms with van der Waals surface area (Å²) in [6, 6.07) is 7.84. The second kappa shape index (κ2) is 7.27. The molecule has 124 valence electrons. The Balaban J connectivity index is 2.25. The van der Waals surface area contributed by atoms with E-state index in [0.29, 0.717) is 6.54 Å². The molecule has 1 aromatic carbocycles. The number of nitrogens with two attached hydrogens (primary N) is 1. The summed E-state index contributed by atoms with van der Waals surface area (Å²) in [5, 5.41) is 0. The highest BCUT2D eigenvalue weighted by Crippen LogP contribution is 2.40. The Morgan fingerprint density at radius 1 is 1.35 bits per heavy atom. The minimum atomic E-state index is -0.128. The quantitative estimate of drug-likeness (QED) is 0.777. The van der Waals surface area contributed by atoms with Crippen LogP contribution in [0, 0.1) is 11.3 Å². The van der Waals surface area contributed by atoms with Crippen molar-refractivity contribution in [2.75, 3.05) is 6.54 Å². The molecular weight excluding hydrogens is 282 g/mol. The standard InChI is InChI=1S/C21H29NO/c1-15-7-6-12-21(3,4)19(15)11-10-17-8-5-9-18(13-17)20(23)16(2)14-22/h5,8-11,13,16H,6-7,12,14,22H2,1-4H3. The van der Waals surface area contributed by atoms with Crippen molar-refractivity contribution in [3.63, 3.8) is 0 Å². The predicted octanol–water partition coefficient (Wildman–Crippen LogP) is 5.00. The topological polar surface area (TPSA) is 43.1 Å². The molecule has 2 rings (SSSR count). The third-order valence-corrected chi connectivity index (χ3v) is 4.96. The highest BCUT2D eigenvalue weighted by Gasteiger charge is 2.26. The van der Waals surface area contributed by atoms with Gasteiger partial charge in [-0.1, -0.05) is 56.7 Å². The second-order valence-corrected chi connectivity index (χ2v) is 7.39. The van der Waals surface area contributed by atoms with Gasteiger partial charge in [-0.05, 0) is 48.8 Å². The Hall–Kier alpha value is -1.67. The first-order valence-corrected chi connectivity index (χ1v) is 8.58. The Kier molecular flexibility index (Phi) is 5.59. The first kappa shape index (κ1) is 17.7. The van der Waals surface area contributed by atoms with E-state index in [1.807, 2.05) is 31.2 Å². The van der Waals surface area contributed by atoms with Crippen LogP contribution in [0.15, 0.2) is 41.5 Å². The van der Waals surface area contributed by atoms with Gasteiger partial charge >= 0.3 is 0 Å². The molecule has 2 N–H and O–H groups in total. The first-order chi connectivity index (χ1) is 10.8. The van der Waals surface area contributed by atoms with Gasteiger partial charge in [0.15, 0.2) is 5.78 Å². The van der Waals surface area contributed by atoms with E-state index >= 15 is 0 Å². The van der Waals surface area contributed by atoms with Crippen LogP contribution in [-0.4, -0.2) is 12.3 Å². The largest absolute Gasteiger partial charge is 0.330 e. The number of allylic oxidation sites excluding steroid dienone is 3. The second-order valence-electron chi connectivity index (χ2n) is 7.39. The third-order valence-electron chi connectivity index (χ3n) is 4.96. The van der Waals surface area contributed by atoms with Crippen molar-refractivity contribution in [1.82, 2.24) is 0 Å². The minimum absolute atomic E-state index is 0.121. The van der Waals surface area contributed by atoms with Gasteiger partial charge in [-0.3, -0.25) is 4.79 Å². The van der Waals surface area contributed by atoms with Crippen molar-refractivity contribution in [2.24, 2.45) is 17.1 Å². The van der Waals surface area contributed by atoms with Gasteiger partial charge in [-0.25, -0.2) is 0 Å². The van der Waals surface area contributed by atoms with Crippen LogP contribution in [0.1, 0.15) is 62.9 Å². The van der Waals surface area contributed by atoms with Crippen LogP contribution < -0.4 is 5.73 Å². The highest BCUT2D eigenvalue weighted by molar-refractivity contribution is 5.98. The molecule has 2 nitrogen and oxygen atoms in total. The number of carbonyl (C=O) groups excluding carboxylic acids is 1. The zero-order valence-corrected chi connectivity index (χ0v) is 14.9. The van der Waals surface area contributed by atoms with Gasteiger partial charge in [-0.15, -0.1) is 0 Å². The summed E-state index contributed by atoms with van der Waals surface area (Å²) in [7, 11) is 0. The molecule has 0 aromatic heterocycles. The van der Waals surface area contributed by atoms with Gasteiger partial charge in [-0.2, -0.15) is 0 Å². The number of benzene rings is 1. The highest BCUT2D eigenvalue weighted by atomic mass is 16.1. The average Bonchev–Trinajstić information content (AvgIpc) is 2.52. The fraction of sp³-hybridized carbons (Fsp3) is 0.476. The fourth-order valence-corrected chi connectivity index (χ4v) is 3.38. The number of hydrogen-bond acceptors (Lipinski definition) is 2. The van der Waals surface area contributed by atoms with Crippen molar-refractivity contribution in [3.8, 4) is 0 Å². The van der Waals surface area contributed by atoms with Gasteiger partial charge in [0, 0.05) is 18.0 Å². The molecule has 0 amide bonds. The van der Waals surface area contributed by atoms with E-state index in [9.17, 15) is 4.79 Å². The molecule has 0 saturated heterocycles. The summed E-state index contributed by atoms with van der Waals surface area (Å²) in [6.07, 6.45) is 8.07. The molecule has 1 unspecified atom stereocenters. The van der Waals surface area contributed by atoms with Crippen LogP contribution in [0.3, 0.4) is 0 Å². The monoisotopic (exact) mass is 311 g/mol. The molecule has 23 heavy (non-hydrogen) atoms. The van der Waals surface area contributed by atoms with Crippen molar-refractivity contribution in [2.45, 2.75) is 47.0 Å². The number of rotatable bonds is 5. The first-order valence-electron chi connectivity index (χ1n) is 8.58. The Labute approximate surface area is 140 Å². The van der Waals surface area contributed by atoms with E-state index < -0.39 is 0 Å². The molecule has 0 fully saturated rings. The number of Topliss-reactive ketones (excluding diaryl/α,β-unsaturated/α-hetero) is 1. The van der Waals surface area contributed by atoms with Crippen LogP contribution in [0.2, 0.25) is 0 Å². The summed E-state index contributed by atoms with van der Waals surface area (Å²) in [6.45, 7) is 9.14. The van der Waals surface area contributed by atoms with Crippen LogP contribution >= 0.6 is 0 Å². The Morgan fingerprint density at radius 3 is 2.74 bits per heavy atom. The maximum atomic E-state index is 12.3. The van der Waals surface area contributed by atoms with E-state index in [2.05, 4.69) is 32.9 Å². The molecule has 1 atom stereocenters. The van der Waals surface area contributed by atoms with Crippen LogP contribution in [0.5, 0.6) is 0 Å². The zero-order chi connectivity index (χ0) is 17.0. The minimum Gasteiger partial charge on any atom is -0.330 e. The summed E-state index contributed by atoms with van der Waals surface area (Å²) in [5.74, 6) is -0.00685. The average molecular weight is 311 g/mol. The lowest BCUT2D eigenvalue weighted by Gasteiger charge is -2.32. The van der Waals surface area contributed by atoms with E-state index in [1.165, 1.54) is 30.4 Å². The molecular formula is C21H29NO. The smallest absolute Gasteiger partial charge is 0.166 e. The molecule has 1 aliphatic rings. The van der Waals surface area contributed by atoms with Gasteiger partial charge < -0.3 is 5.73 Å². The number of hydrogen-bond donors (Lipinski definition) is 1. The van der Waals surface area contributed by atoms with E-state index in [1.54, 1.807) is 0 Å². The van der Waals surface area contributed by atoms with Gasteiger partial charge in [0.1, 0.15) is 0 Å². The molecule has 1 aromatic rings. The van der Waals surface area contributed by atoms with Crippen LogP contribution in [0.25, 0.3) is 6.08 Å². The summed E-state index contributed by atoms with van der Waals surface area (Å²) in [4.78, 5) is 12.3. The molecule has 0 spiro atoms. The van der Waals surface area contributed by atoms with Gasteiger partial charge in [0.25, 0.3) is 0 Å².